The number of halogens is 1. The Bertz CT molecular complexity index is 1470. The number of carbonyl (C=O) groups is 9. The molecule has 0 unspecified atom stereocenters. The molecule has 0 spiro atoms. The molecule has 20 nitrogen and oxygen atoms in total. The van der Waals surface area contributed by atoms with E-state index >= 15 is 0 Å². The molecular formula is C43H76FLiN5O15+. The van der Waals surface area contributed by atoms with Crippen LogP contribution in [0.25, 0.3) is 0 Å². The molecule has 2 heterocycles. The Morgan fingerprint density at radius 1 is 0.631 bits per heavy atom. The van der Waals surface area contributed by atoms with Crippen LogP contribution in [0.3, 0.4) is 0 Å². The van der Waals surface area contributed by atoms with Crippen molar-refractivity contribution in [1.29, 1.82) is 0 Å². The van der Waals surface area contributed by atoms with E-state index in [1.165, 1.54) is 33.2 Å². The van der Waals surface area contributed by atoms with Crippen LogP contribution in [0.2, 0.25) is 0 Å². The third kappa shape index (κ3) is 22.9. The number of methoxy groups -OCH3 is 3. The first-order chi connectivity index (χ1) is 29.7. The van der Waals surface area contributed by atoms with E-state index in [2.05, 4.69) is 37.1 Å². The van der Waals surface area contributed by atoms with Crippen molar-refractivity contribution in [3.05, 3.63) is 6.92 Å². The predicted molar refractivity (Wildman–Crippen MR) is 233 cm³/mol. The largest absolute Gasteiger partial charge is 1.00 e. The van der Waals surface area contributed by atoms with Crippen molar-refractivity contribution in [2.45, 2.75) is 156 Å². The minimum absolute atomic E-state index is 0. The van der Waals surface area contributed by atoms with Gasteiger partial charge in [-0.2, -0.15) is 0 Å². The van der Waals surface area contributed by atoms with Gasteiger partial charge in [0, 0.05) is 18.0 Å². The van der Waals surface area contributed by atoms with Crippen molar-refractivity contribution >= 4 is 53.6 Å². The predicted octanol–water partition coefficient (Wildman–Crippen LogP) is 1.86. The average molecular weight is 930 g/mol. The van der Waals surface area contributed by atoms with Crippen LogP contribution in [-0.2, 0) is 43.0 Å². The zero-order valence-electron chi connectivity index (χ0n) is 41.8. The first-order valence-electron chi connectivity index (χ1n) is 21.7. The van der Waals surface area contributed by atoms with Crippen LogP contribution < -0.4 is 34.8 Å². The Hall–Kier alpha value is -4.61. The van der Waals surface area contributed by atoms with E-state index in [4.69, 9.17) is 6.48 Å². The number of aliphatic carboxylic acids is 2. The van der Waals surface area contributed by atoms with Gasteiger partial charge in [0.1, 0.15) is 30.0 Å². The number of alkyl carbamates (subject to hydrolysis) is 3. The number of hydrogen-bond donors (Lipinski definition) is 5. The van der Waals surface area contributed by atoms with Gasteiger partial charge < -0.3 is 55.7 Å². The molecule has 2 saturated heterocycles. The number of nitrogens with zero attached hydrogens (tertiary/aromatic N) is 2. The van der Waals surface area contributed by atoms with Gasteiger partial charge in [-0.05, 0) is 90.4 Å². The number of amides is 5. The van der Waals surface area contributed by atoms with Gasteiger partial charge in [-0.1, -0.05) is 41.5 Å². The molecule has 9 atom stereocenters. The van der Waals surface area contributed by atoms with Crippen molar-refractivity contribution in [2.24, 2.45) is 29.6 Å². The number of rotatable bonds is 12. The van der Waals surface area contributed by atoms with Gasteiger partial charge in [-0.3, -0.25) is 23.6 Å². The number of Topliss-reactive ketones (excluding diaryl/α,β-unsaturated/α-hetero) is 2. The zero-order valence-corrected chi connectivity index (χ0v) is 40.8. The fourth-order valence-corrected chi connectivity index (χ4v) is 7.22. The first kappa shape index (κ1) is 64.7. The number of ether oxygens (including phenoxy) is 3. The normalized spacial score (nSPS) is 21.9. The molecule has 65 heavy (non-hydrogen) atoms. The Kier molecular flexibility index (Phi) is 33.6. The van der Waals surface area contributed by atoms with Gasteiger partial charge in [0.15, 0.2) is 5.78 Å². The van der Waals surface area contributed by atoms with E-state index in [0.29, 0.717) is 36.9 Å². The molecular weight excluding hydrogens is 852 g/mol. The van der Waals surface area contributed by atoms with Gasteiger partial charge in [0.25, 0.3) is 0 Å². The van der Waals surface area contributed by atoms with Gasteiger partial charge in [0.2, 0.25) is 11.8 Å². The molecule has 6 N–H and O–H groups in total. The number of alkyl halides is 1. The van der Waals surface area contributed by atoms with E-state index in [9.17, 15) is 52.6 Å². The smallest absolute Gasteiger partial charge is 0.870 e. The topological polar surface area (TPSA) is 294 Å². The molecule has 22 heteroatoms. The van der Waals surface area contributed by atoms with Crippen LogP contribution >= 0.6 is 0 Å². The molecule has 2 aliphatic heterocycles. The maximum absolute atomic E-state index is 12.7. The molecule has 0 aromatic rings. The number of carbonyl (C=O) groups excluding carboxylic acids is 7. The van der Waals surface area contributed by atoms with Gasteiger partial charge in [-0.15, -0.1) is 0 Å². The molecule has 3 aliphatic rings. The van der Waals surface area contributed by atoms with E-state index < -0.39 is 61.5 Å². The summed E-state index contributed by atoms with van der Waals surface area (Å²) in [6, 6.07) is -3.69. The fraction of sp³-hybridized carbons (Fsp3) is 0.767. The summed E-state index contributed by atoms with van der Waals surface area (Å²) in [4.78, 5) is 106. The van der Waals surface area contributed by atoms with Crippen molar-refractivity contribution in [1.82, 2.24) is 25.8 Å². The van der Waals surface area contributed by atoms with Crippen LogP contribution in [0.15, 0.2) is 0 Å². The molecule has 3 rings (SSSR count). The summed E-state index contributed by atoms with van der Waals surface area (Å²) in [5.41, 5.74) is 0. The summed E-state index contributed by atoms with van der Waals surface area (Å²) in [5, 5.41) is 25.1. The second kappa shape index (κ2) is 33.8. The Balaban J connectivity index is -0.000000392. The Morgan fingerprint density at radius 3 is 1.22 bits per heavy atom. The van der Waals surface area contributed by atoms with Crippen molar-refractivity contribution in [2.75, 3.05) is 28.5 Å². The zero-order chi connectivity index (χ0) is 50.2. The summed E-state index contributed by atoms with van der Waals surface area (Å²) >= 11 is 0. The summed E-state index contributed by atoms with van der Waals surface area (Å²) < 4.78 is 28.8. The minimum atomic E-state index is -1.06. The van der Waals surface area contributed by atoms with Crippen LogP contribution in [-0.4, -0.2) is 150 Å². The molecule has 0 aromatic carbocycles. The van der Waals surface area contributed by atoms with Crippen LogP contribution in [0, 0.1) is 36.5 Å². The Morgan fingerprint density at radius 2 is 0.969 bits per heavy atom. The standard InChI is InChI=1S/C14H24N2O4.C13H22N2O5.C8H13O.C7H13NO4.CH3F.Li.H2O/c1-8(2)12(15-14(19)20-5)13(18)16-9(3)6-7-11(16)10(4)17;1-7(2)10(14-13(19)20-4)11(16)15-8(3)5-6-9(15)12(17)18;1-6-3-4-8(5-6)7(2)9;1-4(2)5(6(9)10)8-7(11)12-3;1-2;;/h8-9,11-12H,6-7H2,1-5H3,(H,15,19);7-10H,5-6H2,1-4H3,(H,14,19)(H,17,18);6,8H,1,3-5H2,2H3;4-5H,1-3H3,(H,8,11)(H,9,10);1H3;;1H2/q;;+1;;;+1;/p-1/t9-,11-,12-;8-,9-,10-;6-,8+;5-;;;/m0000.../s1/i;;;;1D;;. The SMILES string of the molecule is COC(=O)N[C@H](C(=O)N1[C@@H](C)CC[C@H]1C(=O)O)C(C)C.COC(=O)N[C@H](C(=O)N1[C@@H](C)CC[C@H]1C(C)=O)C(C)C.COC(=O)N[C@H](C(=O)O)C(C)C.[2H]CF.[CH2+][C@H]1CC[C@@H](C(C)=O)C1.[Li+].[OH-]. The molecule has 1 aliphatic carbocycles. The van der Waals surface area contributed by atoms with Crippen LogP contribution in [0.1, 0.15) is 116 Å². The number of ketones is 2. The van der Waals surface area contributed by atoms with E-state index in [0.717, 1.165) is 25.7 Å². The van der Waals surface area contributed by atoms with Crippen molar-refractivity contribution < 1.29 is 97.7 Å². The molecule has 5 amide bonds. The molecule has 0 aromatic heterocycles. The number of likely N-dealkylation sites (tertiary alicyclic amines) is 2. The van der Waals surface area contributed by atoms with Crippen LogP contribution in [0.4, 0.5) is 18.8 Å². The number of carboxylic acid groups (broad SMARTS) is 2. The second-order valence-electron chi connectivity index (χ2n) is 16.7. The number of hydrogen-bond acceptors (Lipinski definition) is 13. The maximum atomic E-state index is 12.7. The van der Waals surface area contributed by atoms with Gasteiger partial charge in [-0.25, -0.2) is 24.0 Å². The monoisotopic (exact) mass is 930 g/mol. The second-order valence-corrected chi connectivity index (χ2v) is 16.7. The molecule has 3 fully saturated rings. The third-order valence-electron chi connectivity index (χ3n) is 10.9. The number of nitrogens with one attached hydrogen (secondary N) is 3. The summed E-state index contributed by atoms with van der Waals surface area (Å²) in [7, 11) is 2.67. The summed E-state index contributed by atoms with van der Waals surface area (Å²) in [6.45, 7) is 21.5. The molecule has 370 valence electrons. The van der Waals surface area contributed by atoms with E-state index in [-0.39, 0.29) is 77.8 Å². The molecule has 1 saturated carbocycles. The fourth-order valence-electron chi connectivity index (χ4n) is 7.22. The molecule has 0 radical (unpaired) electrons. The first-order valence-corrected chi connectivity index (χ1v) is 21.0. The quantitative estimate of drug-likeness (QED) is 0.106. The van der Waals surface area contributed by atoms with Gasteiger partial charge in [0.05, 0.1) is 48.7 Å². The van der Waals surface area contributed by atoms with Crippen LogP contribution in [0.5, 0.6) is 0 Å². The van der Waals surface area contributed by atoms with Crippen molar-refractivity contribution in [3.8, 4) is 0 Å². The maximum Gasteiger partial charge on any atom is 1.00 e. The summed E-state index contributed by atoms with van der Waals surface area (Å²) in [5.74, 6) is -1.85. The van der Waals surface area contributed by atoms with Crippen molar-refractivity contribution in [3.63, 3.8) is 0 Å². The van der Waals surface area contributed by atoms with E-state index in [1.807, 2.05) is 27.7 Å². The van der Waals surface area contributed by atoms with Gasteiger partial charge >= 0.3 is 49.1 Å². The third-order valence-corrected chi connectivity index (χ3v) is 10.9. The minimum Gasteiger partial charge on any atom is -0.870 e. The number of carboxylic acids is 2. The molecule has 0 bridgehead atoms. The summed E-state index contributed by atoms with van der Waals surface area (Å²) in [6.07, 6.45) is 3.75. The average Bonchev–Trinajstić information content (AvgIpc) is 3.95. The Labute approximate surface area is 397 Å². The van der Waals surface area contributed by atoms with E-state index in [1.54, 1.807) is 39.5 Å².